The Morgan fingerprint density at radius 2 is 1.82 bits per heavy atom. The van der Waals surface area contributed by atoms with Crippen LogP contribution in [0.25, 0.3) is 16.7 Å². The minimum atomic E-state index is -0.342. The average Bonchev–Trinajstić information content (AvgIpc) is 3.11. The maximum absolute atomic E-state index is 12.7. The fraction of sp³-hybridized carbons (Fsp3) is 0.0526. The van der Waals surface area contributed by atoms with E-state index in [1.807, 2.05) is 24.3 Å². The standard InChI is InChI=1S/C19H13BrClN5O2/c20-12-1-7-15(8-2-12)26-18-16(9-23-26)19(28)25(11-22-18)10-17(27)24-14-5-3-13(21)4-6-14/h1-9,11H,10H2,(H,24,27). The summed E-state index contributed by atoms with van der Waals surface area (Å²) in [5, 5.41) is 7.90. The van der Waals surface area contributed by atoms with Gasteiger partial charge in [0, 0.05) is 15.2 Å². The molecule has 1 N–H and O–H groups in total. The second-order valence-corrected chi connectivity index (χ2v) is 7.35. The van der Waals surface area contributed by atoms with Crippen LogP contribution in [-0.2, 0) is 11.3 Å². The fourth-order valence-corrected chi connectivity index (χ4v) is 3.11. The third-order valence-corrected chi connectivity index (χ3v) is 4.85. The van der Waals surface area contributed by atoms with Crippen molar-refractivity contribution in [2.75, 3.05) is 5.32 Å². The molecule has 0 spiro atoms. The van der Waals surface area contributed by atoms with Crippen LogP contribution >= 0.6 is 27.5 Å². The number of carbonyl (C=O) groups is 1. The number of nitrogens with one attached hydrogen (secondary N) is 1. The molecule has 2 aromatic heterocycles. The number of aromatic nitrogens is 4. The predicted octanol–water partition coefficient (Wildman–Crippen LogP) is 3.64. The summed E-state index contributed by atoms with van der Waals surface area (Å²) >= 11 is 9.22. The first-order valence-corrected chi connectivity index (χ1v) is 9.43. The summed E-state index contributed by atoms with van der Waals surface area (Å²) in [6.07, 6.45) is 2.81. The topological polar surface area (TPSA) is 81.8 Å². The molecular weight excluding hydrogens is 446 g/mol. The van der Waals surface area contributed by atoms with Crippen LogP contribution in [0, 0.1) is 0 Å². The monoisotopic (exact) mass is 457 g/mol. The zero-order valence-corrected chi connectivity index (χ0v) is 16.7. The van der Waals surface area contributed by atoms with Crippen LogP contribution in [0.15, 0.2) is 70.3 Å². The molecule has 0 fully saturated rings. The number of hydrogen-bond donors (Lipinski definition) is 1. The molecule has 0 aliphatic rings. The number of fused-ring (bicyclic) bond motifs is 1. The van der Waals surface area contributed by atoms with Crippen LogP contribution in [0.5, 0.6) is 0 Å². The molecule has 2 heterocycles. The van der Waals surface area contributed by atoms with E-state index < -0.39 is 0 Å². The van der Waals surface area contributed by atoms with Gasteiger partial charge in [0.2, 0.25) is 5.91 Å². The molecule has 0 saturated heterocycles. The van der Waals surface area contributed by atoms with E-state index in [-0.39, 0.29) is 18.0 Å². The molecule has 4 rings (SSSR count). The first-order chi connectivity index (χ1) is 13.5. The van der Waals surface area contributed by atoms with E-state index in [0.717, 1.165) is 10.2 Å². The number of amides is 1. The van der Waals surface area contributed by atoms with Gasteiger partial charge in [0.05, 0.1) is 11.9 Å². The summed E-state index contributed by atoms with van der Waals surface area (Å²) in [5.41, 5.74) is 1.48. The van der Waals surface area contributed by atoms with E-state index >= 15 is 0 Å². The molecule has 7 nitrogen and oxygen atoms in total. The van der Waals surface area contributed by atoms with Gasteiger partial charge in [0.15, 0.2) is 5.65 Å². The van der Waals surface area contributed by atoms with E-state index in [4.69, 9.17) is 11.6 Å². The second kappa shape index (κ2) is 7.57. The zero-order chi connectivity index (χ0) is 19.7. The van der Waals surface area contributed by atoms with Crippen molar-refractivity contribution in [3.8, 4) is 5.69 Å². The molecule has 0 aliphatic heterocycles. The smallest absolute Gasteiger partial charge is 0.264 e. The molecule has 0 unspecified atom stereocenters. The number of benzene rings is 2. The normalized spacial score (nSPS) is 10.9. The number of nitrogens with zero attached hydrogens (tertiary/aromatic N) is 4. The first-order valence-electron chi connectivity index (χ1n) is 8.26. The lowest BCUT2D eigenvalue weighted by Gasteiger charge is -2.08. The highest BCUT2D eigenvalue weighted by molar-refractivity contribution is 9.10. The zero-order valence-electron chi connectivity index (χ0n) is 14.3. The van der Waals surface area contributed by atoms with Crippen molar-refractivity contribution in [2.45, 2.75) is 6.54 Å². The van der Waals surface area contributed by atoms with Crippen LogP contribution in [0.2, 0.25) is 5.02 Å². The van der Waals surface area contributed by atoms with Crippen molar-refractivity contribution in [3.05, 3.63) is 80.9 Å². The summed E-state index contributed by atoms with van der Waals surface area (Å²) < 4.78 is 3.78. The molecule has 2 aromatic carbocycles. The third-order valence-electron chi connectivity index (χ3n) is 4.07. The lowest BCUT2D eigenvalue weighted by Crippen LogP contribution is -2.27. The minimum Gasteiger partial charge on any atom is -0.325 e. The Bertz CT molecular complexity index is 1220. The van der Waals surface area contributed by atoms with E-state index in [0.29, 0.717) is 21.7 Å². The van der Waals surface area contributed by atoms with Crippen molar-refractivity contribution in [1.29, 1.82) is 0 Å². The van der Waals surface area contributed by atoms with Crippen molar-refractivity contribution in [3.63, 3.8) is 0 Å². The van der Waals surface area contributed by atoms with Gasteiger partial charge >= 0.3 is 0 Å². The van der Waals surface area contributed by atoms with Gasteiger partial charge in [-0.15, -0.1) is 0 Å². The SMILES string of the molecule is O=C(Cn1cnc2c(cnn2-c2ccc(Br)cc2)c1=O)Nc1ccc(Cl)cc1. The van der Waals surface area contributed by atoms with Crippen molar-refractivity contribution in [2.24, 2.45) is 0 Å². The van der Waals surface area contributed by atoms with Gasteiger partial charge in [-0.25, -0.2) is 9.67 Å². The quantitative estimate of drug-likeness (QED) is 0.506. The number of carbonyl (C=O) groups excluding carboxylic acids is 1. The molecule has 140 valence electrons. The molecule has 0 radical (unpaired) electrons. The second-order valence-electron chi connectivity index (χ2n) is 6.00. The third kappa shape index (κ3) is 3.69. The Kier molecular flexibility index (Phi) is 4.97. The van der Waals surface area contributed by atoms with Crippen molar-refractivity contribution >= 4 is 50.2 Å². The molecule has 0 aliphatic carbocycles. The van der Waals surface area contributed by atoms with E-state index in [2.05, 4.69) is 31.3 Å². The van der Waals surface area contributed by atoms with Gasteiger partial charge in [-0.1, -0.05) is 27.5 Å². The van der Waals surface area contributed by atoms with Crippen LogP contribution in [0.1, 0.15) is 0 Å². The van der Waals surface area contributed by atoms with E-state index in [9.17, 15) is 9.59 Å². The van der Waals surface area contributed by atoms with Crippen LogP contribution in [-0.4, -0.2) is 25.2 Å². The van der Waals surface area contributed by atoms with Gasteiger partial charge in [0.1, 0.15) is 18.3 Å². The summed E-state index contributed by atoms with van der Waals surface area (Å²) in [6, 6.07) is 14.2. The molecule has 0 bridgehead atoms. The molecule has 4 aromatic rings. The summed E-state index contributed by atoms with van der Waals surface area (Å²) in [6.45, 7) is -0.159. The fourth-order valence-electron chi connectivity index (χ4n) is 2.72. The Morgan fingerprint density at radius 1 is 1.11 bits per heavy atom. The highest BCUT2D eigenvalue weighted by Crippen LogP contribution is 2.17. The van der Waals surface area contributed by atoms with Gasteiger partial charge in [0.25, 0.3) is 5.56 Å². The van der Waals surface area contributed by atoms with Gasteiger partial charge < -0.3 is 5.32 Å². The highest BCUT2D eigenvalue weighted by Gasteiger charge is 2.13. The van der Waals surface area contributed by atoms with Gasteiger partial charge in [-0.3, -0.25) is 14.2 Å². The predicted molar refractivity (Wildman–Crippen MR) is 111 cm³/mol. The van der Waals surface area contributed by atoms with Crippen molar-refractivity contribution < 1.29 is 4.79 Å². The Balaban J connectivity index is 1.60. The molecular formula is C19H13BrClN5O2. The first kappa shape index (κ1) is 18.4. The molecule has 0 atom stereocenters. The van der Waals surface area contributed by atoms with Crippen LogP contribution < -0.4 is 10.9 Å². The average molecular weight is 459 g/mol. The lowest BCUT2D eigenvalue weighted by atomic mass is 10.3. The van der Waals surface area contributed by atoms with Crippen molar-refractivity contribution in [1.82, 2.24) is 19.3 Å². The molecule has 9 heteroatoms. The summed E-state index contributed by atoms with van der Waals surface area (Å²) in [5.74, 6) is -0.342. The highest BCUT2D eigenvalue weighted by atomic mass is 79.9. The number of anilines is 1. The van der Waals surface area contributed by atoms with E-state index in [1.54, 1.807) is 28.9 Å². The summed E-state index contributed by atoms with van der Waals surface area (Å²) in [7, 11) is 0. The molecule has 28 heavy (non-hydrogen) atoms. The maximum atomic E-state index is 12.7. The molecule has 0 saturated carbocycles. The number of halogens is 2. The van der Waals surface area contributed by atoms with Gasteiger partial charge in [-0.05, 0) is 48.5 Å². The Hall–Kier alpha value is -2.97. The largest absolute Gasteiger partial charge is 0.325 e. The lowest BCUT2D eigenvalue weighted by molar-refractivity contribution is -0.116. The Labute approximate surface area is 172 Å². The Morgan fingerprint density at radius 3 is 2.54 bits per heavy atom. The van der Waals surface area contributed by atoms with E-state index in [1.165, 1.54) is 17.1 Å². The number of hydrogen-bond acceptors (Lipinski definition) is 4. The maximum Gasteiger partial charge on any atom is 0.264 e. The van der Waals surface area contributed by atoms with Gasteiger partial charge in [-0.2, -0.15) is 5.10 Å². The summed E-state index contributed by atoms with van der Waals surface area (Å²) in [4.78, 5) is 29.3. The number of rotatable bonds is 4. The minimum absolute atomic E-state index is 0.159. The van der Waals surface area contributed by atoms with Crippen LogP contribution in [0.3, 0.4) is 0 Å². The van der Waals surface area contributed by atoms with Crippen LogP contribution in [0.4, 0.5) is 5.69 Å². The molecule has 1 amide bonds.